The first kappa shape index (κ1) is 13.8. The van der Waals surface area contributed by atoms with Crippen LogP contribution in [0.2, 0.25) is 0 Å². The van der Waals surface area contributed by atoms with Gasteiger partial charge in [-0.3, -0.25) is 9.69 Å². The molecule has 104 valence electrons. The maximum absolute atomic E-state index is 11.8. The van der Waals surface area contributed by atoms with Crippen molar-refractivity contribution in [3.05, 3.63) is 11.8 Å². The number of rotatable bonds is 6. The van der Waals surface area contributed by atoms with Crippen LogP contribution in [0.15, 0.2) is 11.8 Å². The molecule has 0 bridgehead atoms. The third kappa shape index (κ3) is 4.89. The average Bonchev–Trinajstić information content (AvgIpc) is 3.25. The second kappa shape index (κ2) is 7.12. The Hall–Kier alpha value is -1.58. The molecule has 0 aromatic carbocycles. The molecule has 0 aromatic rings. The topological polar surface area (TPSA) is 80.2 Å². The molecule has 6 heteroatoms. The maximum Gasteiger partial charge on any atom is 0.263 e. The minimum absolute atomic E-state index is 0.159. The van der Waals surface area contributed by atoms with Crippen LogP contribution in [-0.2, 0) is 4.79 Å². The fourth-order valence-electron chi connectivity index (χ4n) is 1.96. The van der Waals surface area contributed by atoms with Crippen LogP contribution < -0.4 is 16.0 Å². The molecule has 1 saturated heterocycles. The lowest BCUT2D eigenvalue weighted by molar-refractivity contribution is -0.117. The highest BCUT2D eigenvalue weighted by Crippen LogP contribution is 2.18. The van der Waals surface area contributed by atoms with Gasteiger partial charge in [-0.25, -0.2) is 0 Å². The van der Waals surface area contributed by atoms with Gasteiger partial charge in [0, 0.05) is 51.5 Å². The Bertz CT molecular complexity index is 377. The number of amides is 1. The van der Waals surface area contributed by atoms with Gasteiger partial charge in [0.2, 0.25) is 0 Å². The van der Waals surface area contributed by atoms with Crippen LogP contribution in [0.4, 0.5) is 0 Å². The van der Waals surface area contributed by atoms with Crippen molar-refractivity contribution < 1.29 is 4.79 Å². The van der Waals surface area contributed by atoms with Gasteiger partial charge in [-0.2, -0.15) is 5.26 Å². The summed E-state index contributed by atoms with van der Waals surface area (Å²) in [4.78, 5) is 14.1. The number of nitrogens with one attached hydrogen (secondary N) is 3. The lowest BCUT2D eigenvalue weighted by Gasteiger charge is -2.27. The van der Waals surface area contributed by atoms with Crippen LogP contribution >= 0.6 is 0 Å². The van der Waals surface area contributed by atoms with E-state index < -0.39 is 0 Å². The van der Waals surface area contributed by atoms with Gasteiger partial charge in [0.25, 0.3) is 5.91 Å². The first-order valence-corrected chi connectivity index (χ1v) is 6.87. The number of hydrogen-bond donors (Lipinski definition) is 3. The molecule has 0 atom stereocenters. The Morgan fingerprint density at radius 1 is 1.42 bits per heavy atom. The molecule has 19 heavy (non-hydrogen) atoms. The molecule has 0 unspecified atom stereocenters. The Labute approximate surface area is 113 Å². The summed E-state index contributed by atoms with van der Waals surface area (Å²) in [7, 11) is 0. The summed E-state index contributed by atoms with van der Waals surface area (Å²) in [6, 6.07) is 2.39. The highest BCUT2D eigenvalue weighted by atomic mass is 16.1. The molecule has 0 spiro atoms. The largest absolute Gasteiger partial charge is 0.387 e. The van der Waals surface area contributed by atoms with E-state index in [1.54, 1.807) is 0 Å². The van der Waals surface area contributed by atoms with Crippen LogP contribution in [-0.4, -0.2) is 56.1 Å². The van der Waals surface area contributed by atoms with Crippen molar-refractivity contribution in [2.24, 2.45) is 0 Å². The van der Waals surface area contributed by atoms with Gasteiger partial charge in [0.05, 0.1) is 0 Å². The summed E-state index contributed by atoms with van der Waals surface area (Å²) in [6.07, 6.45) is 3.79. The molecule has 0 radical (unpaired) electrons. The van der Waals surface area contributed by atoms with Crippen molar-refractivity contribution in [1.29, 1.82) is 5.26 Å². The van der Waals surface area contributed by atoms with E-state index in [-0.39, 0.29) is 11.5 Å². The van der Waals surface area contributed by atoms with Gasteiger partial charge in [0.1, 0.15) is 11.6 Å². The average molecular weight is 263 g/mol. The lowest BCUT2D eigenvalue weighted by Crippen LogP contribution is -2.46. The molecule has 1 saturated carbocycles. The van der Waals surface area contributed by atoms with Gasteiger partial charge in [-0.1, -0.05) is 0 Å². The van der Waals surface area contributed by atoms with Gasteiger partial charge in [-0.05, 0) is 12.8 Å². The molecule has 6 nitrogen and oxygen atoms in total. The number of carbonyl (C=O) groups excluding carboxylic acids is 1. The van der Waals surface area contributed by atoms with E-state index in [4.69, 9.17) is 5.26 Å². The second-order valence-corrected chi connectivity index (χ2v) is 4.96. The van der Waals surface area contributed by atoms with E-state index in [0.29, 0.717) is 12.6 Å². The third-order valence-corrected chi connectivity index (χ3v) is 3.33. The smallest absolute Gasteiger partial charge is 0.263 e. The Morgan fingerprint density at radius 2 is 2.16 bits per heavy atom. The standard InChI is InChI=1S/C13H21N5O/c14-9-11(10-17-12-1-2-12)13(19)16-5-8-18-6-3-15-4-7-18/h10,12,15,17H,1-8H2,(H,16,19)/b11-10-. The SMILES string of the molecule is N#C/C(=C/NC1CC1)C(=O)NCCN1CCNCC1. The highest BCUT2D eigenvalue weighted by Gasteiger charge is 2.20. The third-order valence-electron chi connectivity index (χ3n) is 3.33. The second-order valence-electron chi connectivity index (χ2n) is 4.96. The summed E-state index contributed by atoms with van der Waals surface area (Å²) in [5.41, 5.74) is 0.159. The molecule has 0 aromatic heterocycles. The van der Waals surface area contributed by atoms with Gasteiger partial charge in [0.15, 0.2) is 0 Å². The van der Waals surface area contributed by atoms with Gasteiger partial charge >= 0.3 is 0 Å². The van der Waals surface area contributed by atoms with Crippen molar-refractivity contribution >= 4 is 5.91 Å². The van der Waals surface area contributed by atoms with E-state index in [9.17, 15) is 4.79 Å². The number of nitriles is 1. The van der Waals surface area contributed by atoms with Crippen LogP contribution in [0.3, 0.4) is 0 Å². The number of hydrogen-bond acceptors (Lipinski definition) is 5. The van der Waals surface area contributed by atoms with Crippen LogP contribution in [0.25, 0.3) is 0 Å². The van der Waals surface area contributed by atoms with E-state index in [2.05, 4.69) is 20.9 Å². The number of piperazine rings is 1. The van der Waals surface area contributed by atoms with Crippen molar-refractivity contribution in [1.82, 2.24) is 20.9 Å². The van der Waals surface area contributed by atoms with E-state index >= 15 is 0 Å². The monoisotopic (exact) mass is 263 g/mol. The quantitative estimate of drug-likeness (QED) is 0.430. The van der Waals surface area contributed by atoms with Crippen LogP contribution in [0, 0.1) is 11.3 Å². The number of nitrogens with zero attached hydrogens (tertiary/aromatic N) is 2. The van der Waals surface area contributed by atoms with E-state index in [0.717, 1.165) is 45.6 Å². The Kier molecular flexibility index (Phi) is 5.19. The zero-order valence-electron chi connectivity index (χ0n) is 11.1. The fraction of sp³-hybridized carbons (Fsp3) is 0.692. The molecule has 2 fully saturated rings. The molecular weight excluding hydrogens is 242 g/mol. The van der Waals surface area contributed by atoms with Crippen molar-refractivity contribution in [3.63, 3.8) is 0 Å². The molecule has 1 amide bonds. The normalized spacial score (nSPS) is 20.7. The van der Waals surface area contributed by atoms with Gasteiger partial charge < -0.3 is 16.0 Å². The molecular formula is C13H21N5O. The summed E-state index contributed by atoms with van der Waals surface area (Å²) < 4.78 is 0. The molecule has 1 heterocycles. The summed E-state index contributed by atoms with van der Waals surface area (Å²) >= 11 is 0. The molecule has 2 aliphatic rings. The maximum atomic E-state index is 11.8. The zero-order chi connectivity index (χ0) is 13.5. The molecule has 3 N–H and O–H groups in total. The van der Waals surface area contributed by atoms with Crippen molar-refractivity contribution in [2.75, 3.05) is 39.3 Å². The zero-order valence-corrected chi connectivity index (χ0v) is 11.1. The highest BCUT2D eigenvalue weighted by molar-refractivity contribution is 5.97. The Morgan fingerprint density at radius 3 is 2.79 bits per heavy atom. The van der Waals surface area contributed by atoms with Crippen LogP contribution in [0.5, 0.6) is 0 Å². The summed E-state index contributed by atoms with van der Waals surface area (Å²) in [6.45, 7) is 5.45. The van der Waals surface area contributed by atoms with Crippen LogP contribution in [0.1, 0.15) is 12.8 Å². The predicted molar refractivity (Wildman–Crippen MR) is 72.2 cm³/mol. The molecule has 2 rings (SSSR count). The first-order chi connectivity index (χ1) is 9.29. The van der Waals surface area contributed by atoms with Crippen molar-refractivity contribution in [2.45, 2.75) is 18.9 Å². The Balaban J connectivity index is 1.66. The lowest BCUT2D eigenvalue weighted by atomic mass is 10.3. The first-order valence-electron chi connectivity index (χ1n) is 6.87. The van der Waals surface area contributed by atoms with Crippen molar-refractivity contribution in [3.8, 4) is 6.07 Å². The fourth-order valence-corrected chi connectivity index (χ4v) is 1.96. The van der Waals surface area contributed by atoms with E-state index in [1.165, 1.54) is 6.20 Å². The summed E-state index contributed by atoms with van der Waals surface area (Å²) in [5.74, 6) is -0.286. The predicted octanol–water partition coefficient (Wildman–Crippen LogP) is -0.833. The molecule has 1 aliphatic carbocycles. The van der Waals surface area contributed by atoms with Gasteiger partial charge in [-0.15, -0.1) is 0 Å². The number of carbonyl (C=O) groups is 1. The molecule has 1 aliphatic heterocycles. The minimum atomic E-state index is -0.286. The minimum Gasteiger partial charge on any atom is -0.387 e. The summed E-state index contributed by atoms with van der Waals surface area (Å²) in [5, 5.41) is 18.1. The van der Waals surface area contributed by atoms with E-state index in [1.807, 2.05) is 6.07 Å².